The van der Waals surface area contributed by atoms with Crippen LogP contribution in [-0.2, 0) is 16.1 Å². The molecule has 27 heavy (non-hydrogen) atoms. The number of benzene rings is 1. The SMILES string of the molecule is O=C1CCC(N2C(=O)c3cccc(CN4C[C@@H]5C[C@H]4CN5)c3C2=O)C(=O)N1. The summed E-state index contributed by atoms with van der Waals surface area (Å²) < 4.78 is 0. The summed E-state index contributed by atoms with van der Waals surface area (Å²) in [6.45, 7) is 2.51. The van der Waals surface area contributed by atoms with Crippen molar-refractivity contribution in [2.75, 3.05) is 13.1 Å². The first-order chi connectivity index (χ1) is 13.0. The zero-order valence-electron chi connectivity index (χ0n) is 14.7. The molecule has 8 nitrogen and oxygen atoms in total. The summed E-state index contributed by atoms with van der Waals surface area (Å²) in [5, 5.41) is 5.68. The highest BCUT2D eigenvalue weighted by molar-refractivity contribution is 6.24. The molecule has 5 rings (SSSR count). The number of piperidine rings is 1. The van der Waals surface area contributed by atoms with E-state index in [1.807, 2.05) is 6.07 Å². The summed E-state index contributed by atoms with van der Waals surface area (Å²) in [6.07, 6.45) is 1.41. The average molecular weight is 368 g/mol. The summed E-state index contributed by atoms with van der Waals surface area (Å²) in [4.78, 5) is 52.9. The fourth-order valence-corrected chi connectivity index (χ4v) is 4.78. The topological polar surface area (TPSA) is 98.8 Å². The van der Waals surface area contributed by atoms with E-state index in [9.17, 15) is 19.2 Å². The maximum absolute atomic E-state index is 13.1. The number of likely N-dealkylation sites (tertiary alicyclic amines) is 1. The molecule has 0 spiro atoms. The number of nitrogens with one attached hydrogen (secondary N) is 2. The molecule has 4 heterocycles. The van der Waals surface area contributed by atoms with E-state index >= 15 is 0 Å². The van der Waals surface area contributed by atoms with Crippen molar-refractivity contribution in [3.05, 3.63) is 34.9 Å². The molecule has 4 aliphatic rings. The second kappa shape index (κ2) is 5.97. The first-order valence-corrected chi connectivity index (χ1v) is 9.34. The fourth-order valence-electron chi connectivity index (χ4n) is 4.78. The second-order valence-corrected chi connectivity index (χ2v) is 7.71. The van der Waals surface area contributed by atoms with Crippen LogP contribution in [0.1, 0.15) is 45.5 Å². The van der Waals surface area contributed by atoms with Crippen molar-refractivity contribution in [2.24, 2.45) is 0 Å². The van der Waals surface area contributed by atoms with Crippen molar-refractivity contribution in [3.63, 3.8) is 0 Å². The predicted octanol–water partition coefficient (Wildman–Crippen LogP) is -0.366. The fraction of sp³-hybridized carbons (Fsp3) is 0.474. The Labute approximate surface area is 155 Å². The van der Waals surface area contributed by atoms with Gasteiger partial charge < -0.3 is 5.32 Å². The Bertz CT molecular complexity index is 882. The van der Waals surface area contributed by atoms with Gasteiger partial charge in [-0.15, -0.1) is 0 Å². The van der Waals surface area contributed by atoms with E-state index < -0.39 is 23.8 Å². The van der Waals surface area contributed by atoms with Crippen LogP contribution in [0, 0.1) is 0 Å². The lowest BCUT2D eigenvalue weighted by Gasteiger charge is -2.28. The van der Waals surface area contributed by atoms with Crippen LogP contribution in [0.5, 0.6) is 0 Å². The largest absolute Gasteiger partial charge is 0.311 e. The van der Waals surface area contributed by atoms with Gasteiger partial charge >= 0.3 is 0 Å². The molecule has 4 aliphatic heterocycles. The lowest BCUT2D eigenvalue weighted by Crippen LogP contribution is -2.54. The van der Waals surface area contributed by atoms with Crippen molar-refractivity contribution in [1.29, 1.82) is 0 Å². The summed E-state index contributed by atoms with van der Waals surface area (Å²) in [5.41, 5.74) is 1.58. The molecule has 2 bridgehead atoms. The smallest absolute Gasteiger partial charge is 0.262 e. The highest BCUT2D eigenvalue weighted by Gasteiger charge is 2.46. The molecule has 4 amide bonds. The van der Waals surface area contributed by atoms with Crippen LogP contribution in [0.3, 0.4) is 0 Å². The van der Waals surface area contributed by atoms with Crippen LogP contribution in [0.4, 0.5) is 0 Å². The van der Waals surface area contributed by atoms with Gasteiger partial charge in [-0.05, 0) is 24.5 Å². The normalized spacial score (nSPS) is 30.2. The number of fused-ring (bicyclic) bond motifs is 3. The molecule has 2 N–H and O–H groups in total. The quantitative estimate of drug-likeness (QED) is 0.707. The Morgan fingerprint density at radius 1 is 1.11 bits per heavy atom. The molecule has 1 unspecified atom stereocenters. The third kappa shape index (κ3) is 2.51. The zero-order valence-corrected chi connectivity index (χ0v) is 14.7. The van der Waals surface area contributed by atoms with Gasteiger partial charge in [-0.1, -0.05) is 12.1 Å². The van der Waals surface area contributed by atoms with Crippen molar-refractivity contribution in [3.8, 4) is 0 Å². The van der Waals surface area contributed by atoms with Gasteiger partial charge in [-0.25, -0.2) is 0 Å². The minimum absolute atomic E-state index is 0.126. The van der Waals surface area contributed by atoms with Gasteiger partial charge in [0.15, 0.2) is 0 Å². The summed E-state index contributed by atoms with van der Waals surface area (Å²) >= 11 is 0. The van der Waals surface area contributed by atoms with E-state index in [0.29, 0.717) is 29.8 Å². The van der Waals surface area contributed by atoms with Crippen molar-refractivity contribution in [2.45, 2.75) is 43.9 Å². The maximum Gasteiger partial charge on any atom is 0.262 e. The Morgan fingerprint density at radius 2 is 1.96 bits per heavy atom. The van der Waals surface area contributed by atoms with Crippen molar-refractivity contribution >= 4 is 23.6 Å². The Morgan fingerprint density at radius 3 is 2.67 bits per heavy atom. The van der Waals surface area contributed by atoms with Crippen LogP contribution in [0.15, 0.2) is 18.2 Å². The molecule has 1 aromatic rings. The molecule has 3 atom stereocenters. The molecule has 0 saturated carbocycles. The van der Waals surface area contributed by atoms with Crippen molar-refractivity contribution < 1.29 is 19.2 Å². The third-order valence-electron chi connectivity index (χ3n) is 6.10. The third-order valence-corrected chi connectivity index (χ3v) is 6.10. The molecule has 0 radical (unpaired) electrons. The first kappa shape index (κ1) is 16.6. The molecular formula is C19H20N4O4. The molecule has 0 aromatic heterocycles. The second-order valence-electron chi connectivity index (χ2n) is 7.71. The predicted molar refractivity (Wildman–Crippen MR) is 93.7 cm³/mol. The number of rotatable bonds is 3. The Balaban J connectivity index is 1.44. The van der Waals surface area contributed by atoms with E-state index in [1.165, 1.54) is 0 Å². The number of carbonyl (C=O) groups is 4. The number of imide groups is 2. The molecule has 140 valence electrons. The lowest BCUT2D eigenvalue weighted by atomic mass is 10.0. The number of nitrogens with zero attached hydrogens (tertiary/aromatic N) is 2. The van der Waals surface area contributed by atoms with Gasteiger partial charge in [0.1, 0.15) is 6.04 Å². The van der Waals surface area contributed by atoms with Gasteiger partial charge in [0, 0.05) is 38.1 Å². The Hall–Kier alpha value is -2.58. The van der Waals surface area contributed by atoms with Crippen LogP contribution >= 0.6 is 0 Å². The van der Waals surface area contributed by atoms with Gasteiger partial charge in [-0.3, -0.25) is 34.3 Å². The monoisotopic (exact) mass is 368 g/mol. The van der Waals surface area contributed by atoms with Crippen molar-refractivity contribution in [1.82, 2.24) is 20.4 Å². The molecule has 3 saturated heterocycles. The number of piperazine rings is 1. The summed E-state index contributed by atoms with van der Waals surface area (Å²) in [6, 6.07) is 5.36. The number of carbonyl (C=O) groups excluding carboxylic acids is 4. The van der Waals surface area contributed by atoms with E-state index in [4.69, 9.17) is 0 Å². The highest BCUT2D eigenvalue weighted by Crippen LogP contribution is 2.32. The maximum atomic E-state index is 13.1. The van der Waals surface area contributed by atoms with Gasteiger partial charge in [0.2, 0.25) is 11.8 Å². The van der Waals surface area contributed by atoms with E-state index in [0.717, 1.165) is 30.0 Å². The molecule has 3 fully saturated rings. The minimum atomic E-state index is -0.921. The van der Waals surface area contributed by atoms with E-state index in [-0.39, 0.29) is 18.7 Å². The van der Waals surface area contributed by atoms with Crippen LogP contribution in [-0.4, -0.2) is 64.6 Å². The molecule has 1 aromatic carbocycles. The molecular weight excluding hydrogens is 348 g/mol. The molecule has 0 aliphatic carbocycles. The first-order valence-electron chi connectivity index (χ1n) is 9.34. The van der Waals surface area contributed by atoms with E-state index in [2.05, 4.69) is 15.5 Å². The van der Waals surface area contributed by atoms with Gasteiger partial charge in [-0.2, -0.15) is 0 Å². The highest BCUT2D eigenvalue weighted by atomic mass is 16.2. The number of hydrogen-bond donors (Lipinski definition) is 2. The lowest BCUT2D eigenvalue weighted by molar-refractivity contribution is -0.136. The van der Waals surface area contributed by atoms with Crippen LogP contribution in [0.25, 0.3) is 0 Å². The van der Waals surface area contributed by atoms with E-state index in [1.54, 1.807) is 12.1 Å². The average Bonchev–Trinajstić information content (AvgIpc) is 3.32. The number of amides is 4. The van der Waals surface area contributed by atoms with Gasteiger partial charge in [0.05, 0.1) is 11.1 Å². The summed E-state index contributed by atoms with van der Waals surface area (Å²) in [7, 11) is 0. The molecule has 8 heteroatoms. The Kier molecular flexibility index (Phi) is 3.66. The van der Waals surface area contributed by atoms with Crippen LogP contribution in [0.2, 0.25) is 0 Å². The standard InChI is InChI=1S/C19H20N4O4/c24-15-5-4-14(17(25)21-15)23-18(26)13-3-1-2-10(16(13)19(23)27)8-22-9-11-6-12(22)7-20-11/h1-3,11-12,14,20H,4-9H2,(H,21,24,25)/t11-,12-,14?/m0/s1. The zero-order chi connectivity index (χ0) is 18.7. The van der Waals surface area contributed by atoms with Gasteiger partial charge in [0.25, 0.3) is 11.8 Å². The van der Waals surface area contributed by atoms with Crippen LogP contribution < -0.4 is 10.6 Å². The summed E-state index contributed by atoms with van der Waals surface area (Å²) in [5.74, 6) is -1.82. The minimum Gasteiger partial charge on any atom is -0.311 e. The number of hydrogen-bond acceptors (Lipinski definition) is 6.